The number of benzene rings is 2. The molecule has 0 aliphatic heterocycles. The largest absolute Gasteiger partial charge is 0.494 e. The molecule has 2 aromatic carbocycles. The Balaban J connectivity index is 2.33. The molecular formula is C16H18N2O5S. The minimum Gasteiger partial charge on any atom is -0.494 e. The average Bonchev–Trinajstić information content (AvgIpc) is 2.54. The van der Waals surface area contributed by atoms with Crippen LogP contribution >= 0.6 is 0 Å². The first-order valence-electron chi connectivity index (χ1n) is 7.20. The van der Waals surface area contributed by atoms with Crippen molar-refractivity contribution in [2.75, 3.05) is 11.8 Å². The quantitative estimate of drug-likeness (QED) is 0.635. The predicted octanol–water partition coefficient (Wildman–Crippen LogP) is 3.53. The number of sulfonamides is 1. The van der Waals surface area contributed by atoms with Gasteiger partial charge in [-0.05, 0) is 29.7 Å². The smallest absolute Gasteiger partial charge is 0.273 e. The van der Waals surface area contributed by atoms with E-state index in [4.69, 9.17) is 4.74 Å². The molecule has 0 spiro atoms. The van der Waals surface area contributed by atoms with Gasteiger partial charge in [-0.25, -0.2) is 8.42 Å². The third-order valence-electron chi connectivity index (χ3n) is 3.50. The molecule has 0 saturated carbocycles. The highest BCUT2D eigenvalue weighted by Crippen LogP contribution is 2.31. The summed E-state index contributed by atoms with van der Waals surface area (Å²) >= 11 is 0. The molecule has 0 radical (unpaired) electrons. The minimum absolute atomic E-state index is 0.0755. The van der Waals surface area contributed by atoms with Gasteiger partial charge in [0.25, 0.3) is 15.7 Å². The van der Waals surface area contributed by atoms with E-state index in [9.17, 15) is 18.5 Å². The van der Waals surface area contributed by atoms with Crippen LogP contribution in [0.25, 0.3) is 0 Å². The minimum atomic E-state index is -3.82. The van der Waals surface area contributed by atoms with Crippen molar-refractivity contribution in [2.24, 2.45) is 0 Å². The molecule has 0 aliphatic carbocycles. The number of nitrogens with one attached hydrogen (secondary N) is 1. The number of rotatable bonds is 6. The molecule has 0 atom stereocenters. The van der Waals surface area contributed by atoms with Gasteiger partial charge in [-0.3, -0.25) is 14.8 Å². The fourth-order valence-electron chi connectivity index (χ4n) is 2.11. The molecule has 2 rings (SSSR count). The second kappa shape index (κ2) is 6.88. The Hall–Kier alpha value is -2.61. The molecule has 0 fully saturated rings. The van der Waals surface area contributed by atoms with Crippen molar-refractivity contribution in [2.45, 2.75) is 24.7 Å². The van der Waals surface area contributed by atoms with Gasteiger partial charge in [0.2, 0.25) is 0 Å². The summed E-state index contributed by atoms with van der Waals surface area (Å²) in [5.74, 6) is 0.371. The Morgan fingerprint density at radius 1 is 1.12 bits per heavy atom. The number of hydrogen-bond acceptors (Lipinski definition) is 5. The lowest BCUT2D eigenvalue weighted by Gasteiger charge is -2.12. The summed E-state index contributed by atoms with van der Waals surface area (Å²) in [6.45, 7) is 4.03. The van der Waals surface area contributed by atoms with E-state index in [1.807, 2.05) is 13.8 Å². The lowest BCUT2D eigenvalue weighted by atomic mass is 10.0. The lowest BCUT2D eigenvalue weighted by Crippen LogP contribution is -2.13. The number of nitro benzene ring substituents is 1. The molecule has 0 amide bonds. The SMILES string of the molecule is COc1cc([N+](=O)[O-])ccc1NS(=O)(=O)c1ccc(C(C)C)cc1. The fraction of sp³-hybridized carbons (Fsp3) is 0.250. The normalized spacial score (nSPS) is 11.3. The van der Waals surface area contributed by atoms with Gasteiger partial charge in [0.05, 0.1) is 28.7 Å². The molecule has 24 heavy (non-hydrogen) atoms. The number of hydrogen-bond donors (Lipinski definition) is 1. The number of nitrogens with zero attached hydrogens (tertiary/aromatic N) is 1. The molecule has 0 aromatic heterocycles. The van der Waals surface area contributed by atoms with E-state index in [1.165, 1.54) is 37.4 Å². The van der Waals surface area contributed by atoms with Gasteiger partial charge >= 0.3 is 0 Å². The first kappa shape index (κ1) is 17.7. The molecule has 0 bridgehead atoms. The van der Waals surface area contributed by atoms with Crippen molar-refractivity contribution in [3.05, 3.63) is 58.1 Å². The van der Waals surface area contributed by atoms with Gasteiger partial charge in [0.1, 0.15) is 5.75 Å². The van der Waals surface area contributed by atoms with Gasteiger partial charge in [-0.1, -0.05) is 26.0 Å². The molecule has 1 N–H and O–H groups in total. The number of methoxy groups -OCH3 is 1. The Labute approximate surface area is 140 Å². The number of ether oxygens (including phenoxy) is 1. The second-order valence-electron chi connectivity index (χ2n) is 5.47. The van der Waals surface area contributed by atoms with Gasteiger partial charge in [-0.2, -0.15) is 0 Å². The molecule has 8 heteroatoms. The van der Waals surface area contributed by atoms with Crippen molar-refractivity contribution in [3.8, 4) is 5.75 Å². The maximum absolute atomic E-state index is 12.5. The van der Waals surface area contributed by atoms with Crippen LogP contribution in [0.15, 0.2) is 47.4 Å². The zero-order chi connectivity index (χ0) is 17.9. The molecule has 7 nitrogen and oxygen atoms in total. The van der Waals surface area contributed by atoms with Gasteiger partial charge < -0.3 is 4.74 Å². The summed E-state index contributed by atoms with van der Waals surface area (Å²) in [5, 5.41) is 10.8. The summed E-state index contributed by atoms with van der Waals surface area (Å²) < 4.78 is 32.4. The predicted molar refractivity (Wildman–Crippen MR) is 91.0 cm³/mol. The fourth-order valence-corrected chi connectivity index (χ4v) is 3.18. The van der Waals surface area contributed by atoms with Crippen LogP contribution in [0.1, 0.15) is 25.3 Å². The van der Waals surface area contributed by atoms with Crippen molar-refractivity contribution in [1.29, 1.82) is 0 Å². The van der Waals surface area contributed by atoms with Gasteiger partial charge in [0, 0.05) is 6.07 Å². The first-order chi connectivity index (χ1) is 11.2. The van der Waals surface area contributed by atoms with E-state index >= 15 is 0 Å². The van der Waals surface area contributed by atoms with Crippen molar-refractivity contribution < 1.29 is 18.1 Å². The highest BCUT2D eigenvalue weighted by molar-refractivity contribution is 7.92. The van der Waals surface area contributed by atoms with Gasteiger partial charge in [0.15, 0.2) is 0 Å². The maximum atomic E-state index is 12.5. The van der Waals surface area contributed by atoms with Crippen molar-refractivity contribution in [1.82, 2.24) is 0 Å². The van der Waals surface area contributed by atoms with Crippen molar-refractivity contribution in [3.63, 3.8) is 0 Å². The van der Waals surface area contributed by atoms with Crippen LogP contribution < -0.4 is 9.46 Å². The molecule has 0 unspecified atom stereocenters. The van der Waals surface area contributed by atoms with Crippen LogP contribution in [0.3, 0.4) is 0 Å². The number of nitro groups is 1. The summed E-state index contributed by atoms with van der Waals surface area (Å²) in [6.07, 6.45) is 0. The zero-order valence-corrected chi connectivity index (χ0v) is 14.3. The highest BCUT2D eigenvalue weighted by atomic mass is 32.2. The monoisotopic (exact) mass is 350 g/mol. The molecule has 0 saturated heterocycles. The second-order valence-corrected chi connectivity index (χ2v) is 7.15. The van der Waals surface area contributed by atoms with Crippen LogP contribution in [0.2, 0.25) is 0 Å². The van der Waals surface area contributed by atoms with Crippen LogP contribution in [0.5, 0.6) is 5.75 Å². The zero-order valence-electron chi connectivity index (χ0n) is 13.5. The molecule has 128 valence electrons. The first-order valence-corrected chi connectivity index (χ1v) is 8.68. The Bertz CT molecular complexity index is 845. The van der Waals surface area contributed by atoms with Crippen LogP contribution in [-0.2, 0) is 10.0 Å². The average molecular weight is 350 g/mol. The van der Waals surface area contributed by atoms with Crippen LogP contribution in [-0.4, -0.2) is 20.5 Å². The van der Waals surface area contributed by atoms with Crippen molar-refractivity contribution >= 4 is 21.4 Å². The molecular weight excluding hydrogens is 332 g/mol. The third-order valence-corrected chi connectivity index (χ3v) is 4.88. The lowest BCUT2D eigenvalue weighted by molar-refractivity contribution is -0.384. The molecule has 0 heterocycles. The van der Waals surface area contributed by atoms with Crippen LogP contribution in [0.4, 0.5) is 11.4 Å². The topological polar surface area (TPSA) is 98.5 Å². The molecule has 2 aromatic rings. The Morgan fingerprint density at radius 3 is 2.25 bits per heavy atom. The highest BCUT2D eigenvalue weighted by Gasteiger charge is 2.19. The summed E-state index contributed by atoms with van der Waals surface area (Å²) in [7, 11) is -2.51. The Kier molecular flexibility index (Phi) is 5.08. The number of non-ortho nitro benzene ring substituents is 1. The van der Waals surface area contributed by atoms with E-state index in [0.717, 1.165) is 5.56 Å². The Morgan fingerprint density at radius 2 is 1.75 bits per heavy atom. The van der Waals surface area contributed by atoms with E-state index < -0.39 is 14.9 Å². The third kappa shape index (κ3) is 3.83. The van der Waals surface area contributed by atoms with Gasteiger partial charge in [-0.15, -0.1) is 0 Å². The summed E-state index contributed by atoms with van der Waals surface area (Å²) in [6, 6.07) is 10.2. The van der Waals surface area contributed by atoms with Crippen LogP contribution in [0, 0.1) is 10.1 Å². The molecule has 0 aliphatic rings. The maximum Gasteiger partial charge on any atom is 0.273 e. The summed E-state index contributed by atoms with van der Waals surface area (Å²) in [4.78, 5) is 10.3. The van der Waals surface area contributed by atoms with E-state index in [0.29, 0.717) is 5.92 Å². The summed E-state index contributed by atoms with van der Waals surface area (Å²) in [5.41, 5.74) is 0.981. The van der Waals surface area contributed by atoms with E-state index in [2.05, 4.69) is 4.72 Å². The number of anilines is 1. The standard InChI is InChI=1S/C16H18N2O5S/c1-11(2)12-4-7-14(8-5-12)24(21,22)17-15-9-6-13(18(19)20)10-16(15)23-3/h4-11,17H,1-3H3. The van der Waals surface area contributed by atoms with E-state index in [-0.39, 0.29) is 22.0 Å². The van der Waals surface area contributed by atoms with E-state index in [1.54, 1.807) is 12.1 Å².